The standard InChI is InChI=1S/C21H25FN4O2/c1-28-18-8-6-17(7-9-18)25-10-12-26(13-11-25)21(27)19-14-23-24-20(19)15-2-4-16(22)5-3-15/h2-9,19-20,23-24H,10-14H2,1H3. The van der Waals surface area contributed by atoms with Crippen LogP contribution >= 0.6 is 0 Å². The number of piperazine rings is 1. The second kappa shape index (κ2) is 8.16. The molecule has 28 heavy (non-hydrogen) atoms. The predicted molar refractivity (Wildman–Crippen MR) is 106 cm³/mol. The van der Waals surface area contributed by atoms with Crippen molar-refractivity contribution in [3.05, 3.63) is 59.9 Å². The minimum Gasteiger partial charge on any atom is -0.497 e. The number of rotatable bonds is 4. The Morgan fingerprint density at radius 1 is 1.04 bits per heavy atom. The number of nitrogens with one attached hydrogen (secondary N) is 2. The largest absolute Gasteiger partial charge is 0.497 e. The summed E-state index contributed by atoms with van der Waals surface area (Å²) < 4.78 is 18.4. The van der Waals surface area contributed by atoms with E-state index in [2.05, 4.69) is 15.8 Å². The normalized spacial score (nSPS) is 22.4. The molecule has 6 nitrogen and oxygen atoms in total. The zero-order valence-electron chi connectivity index (χ0n) is 15.9. The molecular weight excluding hydrogens is 359 g/mol. The number of amides is 1. The van der Waals surface area contributed by atoms with Crippen LogP contribution < -0.4 is 20.5 Å². The van der Waals surface area contributed by atoms with Gasteiger partial charge in [0.05, 0.1) is 19.1 Å². The third-order valence-corrected chi connectivity index (χ3v) is 5.56. The van der Waals surface area contributed by atoms with Gasteiger partial charge < -0.3 is 14.5 Å². The van der Waals surface area contributed by atoms with Gasteiger partial charge in [-0.05, 0) is 42.0 Å². The Balaban J connectivity index is 1.38. The van der Waals surface area contributed by atoms with Gasteiger partial charge in [-0.3, -0.25) is 10.2 Å². The van der Waals surface area contributed by atoms with Crippen LogP contribution in [0.15, 0.2) is 48.5 Å². The molecule has 2 saturated heterocycles. The van der Waals surface area contributed by atoms with Crippen molar-refractivity contribution < 1.29 is 13.9 Å². The number of carbonyl (C=O) groups excluding carboxylic acids is 1. The summed E-state index contributed by atoms with van der Waals surface area (Å²) in [4.78, 5) is 17.3. The number of ether oxygens (including phenoxy) is 1. The fraction of sp³-hybridized carbons (Fsp3) is 0.381. The zero-order valence-corrected chi connectivity index (χ0v) is 15.9. The maximum Gasteiger partial charge on any atom is 0.229 e. The molecule has 2 aliphatic heterocycles. The van der Waals surface area contributed by atoms with Crippen LogP contribution in [0, 0.1) is 11.7 Å². The fourth-order valence-corrected chi connectivity index (χ4v) is 3.93. The Kier molecular flexibility index (Phi) is 5.45. The van der Waals surface area contributed by atoms with Crippen LogP contribution in [0.3, 0.4) is 0 Å². The molecule has 0 saturated carbocycles. The van der Waals surface area contributed by atoms with Crippen molar-refractivity contribution in [1.29, 1.82) is 0 Å². The number of hydrogen-bond acceptors (Lipinski definition) is 5. The molecule has 0 aromatic heterocycles. The molecule has 0 spiro atoms. The van der Waals surface area contributed by atoms with E-state index in [9.17, 15) is 9.18 Å². The Hall–Kier alpha value is -2.64. The molecule has 2 aromatic rings. The van der Waals surface area contributed by atoms with Crippen LogP contribution in [0.2, 0.25) is 0 Å². The van der Waals surface area contributed by atoms with Gasteiger partial charge in [0.15, 0.2) is 0 Å². The molecule has 0 radical (unpaired) electrons. The van der Waals surface area contributed by atoms with Crippen molar-refractivity contribution in [1.82, 2.24) is 15.8 Å². The number of benzene rings is 2. The summed E-state index contributed by atoms with van der Waals surface area (Å²) in [6.07, 6.45) is 0. The molecule has 2 fully saturated rings. The van der Waals surface area contributed by atoms with Crippen molar-refractivity contribution in [3.8, 4) is 5.75 Å². The summed E-state index contributed by atoms with van der Waals surface area (Å²) in [5, 5.41) is 0. The number of carbonyl (C=O) groups is 1. The smallest absolute Gasteiger partial charge is 0.229 e. The van der Waals surface area contributed by atoms with E-state index in [-0.39, 0.29) is 23.7 Å². The second-order valence-electron chi connectivity index (χ2n) is 7.17. The molecule has 1 amide bonds. The lowest BCUT2D eigenvalue weighted by Gasteiger charge is -2.37. The second-order valence-corrected chi connectivity index (χ2v) is 7.17. The monoisotopic (exact) mass is 384 g/mol. The van der Waals surface area contributed by atoms with E-state index in [1.165, 1.54) is 12.1 Å². The average Bonchev–Trinajstić information content (AvgIpc) is 3.24. The molecule has 7 heteroatoms. The first kappa shape index (κ1) is 18.7. The lowest BCUT2D eigenvalue weighted by molar-refractivity contribution is -0.135. The first-order valence-electron chi connectivity index (χ1n) is 9.57. The molecule has 2 atom stereocenters. The van der Waals surface area contributed by atoms with E-state index in [1.807, 2.05) is 29.2 Å². The van der Waals surface area contributed by atoms with Gasteiger partial charge in [0.1, 0.15) is 11.6 Å². The number of halogens is 1. The molecule has 2 aromatic carbocycles. The Labute approximate surface area is 164 Å². The summed E-state index contributed by atoms with van der Waals surface area (Å²) in [5.41, 5.74) is 8.31. The van der Waals surface area contributed by atoms with Gasteiger partial charge in [-0.1, -0.05) is 12.1 Å². The van der Waals surface area contributed by atoms with Crippen molar-refractivity contribution in [2.24, 2.45) is 5.92 Å². The van der Waals surface area contributed by atoms with Crippen LogP contribution in [-0.4, -0.2) is 50.6 Å². The molecule has 4 rings (SSSR count). The number of nitrogens with zero attached hydrogens (tertiary/aromatic N) is 2. The summed E-state index contributed by atoms with van der Waals surface area (Å²) in [6.45, 7) is 3.55. The Morgan fingerprint density at radius 2 is 1.71 bits per heavy atom. The average molecular weight is 384 g/mol. The maximum atomic E-state index is 13.2. The van der Waals surface area contributed by atoms with Crippen molar-refractivity contribution in [3.63, 3.8) is 0 Å². The van der Waals surface area contributed by atoms with Gasteiger partial charge in [0.25, 0.3) is 0 Å². The van der Waals surface area contributed by atoms with Gasteiger partial charge >= 0.3 is 0 Å². The van der Waals surface area contributed by atoms with E-state index in [4.69, 9.17) is 4.74 Å². The topological polar surface area (TPSA) is 56.8 Å². The fourth-order valence-electron chi connectivity index (χ4n) is 3.93. The summed E-state index contributed by atoms with van der Waals surface area (Å²) in [5.74, 6) is 0.511. The number of hydrogen-bond donors (Lipinski definition) is 2. The van der Waals surface area contributed by atoms with Gasteiger partial charge in [0, 0.05) is 38.4 Å². The van der Waals surface area contributed by atoms with Gasteiger partial charge in [0.2, 0.25) is 5.91 Å². The highest BCUT2D eigenvalue weighted by molar-refractivity contribution is 5.80. The molecule has 0 bridgehead atoms. The summed E-state index contributed by atoms with van der Waals surface area (Å²) >= 11 is 0. The first-order valence-corrected chi connectivity index (χ1v) is 9.57. The quantitative estimate of drug-likeness (QED) is 0.844. The molecule has 0 aliphatic carbocycles. The SMILES string of the molecule is COc1ccc(N2CCN(C(=O)C3CNNC3c3ccc(F)cc3)CC2)cc1. The maximum absolute atomic E-state index is 13.2. The van der Waals surface area contributed by atoms with E-state index in [1.54, 1.807) is 19.2 Å². The van der Waals surface area contributed by atoms with E-state index in [0.717, 1.165) is 30.1 Å². The lowest BCUT2D eigenvalue weighted by atomic mass is 9.93. The van der Waals surface area contributed by atoms with Gasteiger partial charge in [-0.2, -0.15) is 0 Å². The highest BCUT2D eigenvalue weighted by atomic mass is 19.1. The van der Waals surface area contributed by atoms with Crippen LogP contribution in [-0.2, 0) is 4.79 Å². The van der Waals surface area contributed by atoms with Crippen molar-refractivity contribution >= 4 is 11.6 Å². The summed E-state index contributed by atoms with van der Waals surface area (Å²) in [7, 11) is 1.66. The van der Waals surface area contributed by atoms with Crippen LogP contribution in [0.5, 0.6) is 5.75 Å². The van der Waals surface area contributed by atoms with Crippen LogP contribution in [0.25, 0.3) is 0 Å². The Morgan fingerprint density at radius 3 is 2.36 bits per heavy atom. The van der Waals surface area contributed by atoms with Gasteiger partial charge in [-0.25, -0.2) is 9.82 Å². The van der Waals surface area contributed by atoms with Crippen LogP contribution in [0.1, 0.15) is 11.6 Å². The van der Waals surface area contributed by atoms with Crippen LogP contribution in [0.4, 0.5) is 10.1 Å². The zero-order chi connectivity index (χ0) is 19.5. The van der Waals surface area contributed by atoms with E-state index in [0.29, 0.717) is 19.6 Å². The predicted octanol–water partition coefficient (Wildman–Crippen LogP) is 1.95. The minimum absolute atomic E-state index is 0.140. The minimum atomic E-state index is -0.271. The molecule has 2 unspecified atom stereocenters. The third kappa shape index (κ3) is 3.81. The van der Waals surface area contributed by atoms with E-state index < -0.39 is 0 Å². The van der Waals surface area contributed by atoms with Crippen molar-refractivity contribution in [2.45, 2.75) is 6.04 Å². The highest BCUT2D eigenvalue weighted by Crippen LogP contribution is 2.28. The molecule has 2 heterocycles. The lowest BCUT2D eigenvalue weighted by Crippen LogP contribution is -2.51. The number of methoxy groups -OCH3 is 1. The first-order chi connectivity index (χ1) is 13.7. The van der Waals surface area contributed by atoms with Gasteiger partial charge in [-0.15, -0.1) is 0 Å². The third-order valence-electron chi connectivity index (χ3n) is 5.56. The molecule has 2 N–H and O–H groups in total. The molecular formula is C21H25FN4O2. The summed E-state index contributed by atoms with van der Waals surface area (Å²) in [6, 6.07) is 14.2. The number of hydrazine groups is 1. The number of anilines is 1. The van der Waals surface area contributed by atoms with E-state index >= 15 is 0 Å². The highest BCUT2D eigenvalue weighted by Gasteiger charge is 2.37. The molecule has 2 aliphatic rings. The Bertz CT molecular complexity index is 804. The molecule has 148 valence electrons. The van der Waals surface area contributed by atoms with Crippen molar-refractivity contribution in [2.75, 3.05) is 44.7 Å².